The number of benzene rings is 1. The van der Waals surface area contributed by atoms with E-state index in [2.05, 4.69) is 22.8 Å². The third-order valence-corrected chi connectivity index (χ3v) is 3.25. The summed E-state index contributed by atoms with van der Waals surface area (Å²) >= 11 is 0. The Morgan fingerprint density at radius 2 is 1.81 bits per heavy atom. The van der Waals surface area contributed by atoms with E-state index < -0.39 is 6.04 Å². The maximum atomic E-state index is 11.6. The van der Waals surface area contributed by atoms with Crippen LogP contribution in [0.5, 0.6) is 0 Å². The van der Waals surface area contributed by atoms with E-state index in [0.717, 1.165) is 12.8 Å². The van der Waals surface area contributed by atoms with E-state index in [4.69, 9.17) is 5.73 Å². The topological polar surface area (TPSA) is 84.2 Å². The number of nitrogens with two attached hydrogens (primary N) is 1. The van der Waals surface area contributed by atoms with Crippen LogP contribution in [0.25, 0.3) is 0 Å². The van der Waals surface area contributed by atoms with Gasteiger partial charge in [0.25, 0.3) is 0 Å². The highest BCUT2D eigenvalue weighted by molar-refractivity contribution is 5.87. The summed E-state index contributed by atoms with van der Waals surface area (Å²) in [5.41, 5.74) is 6.94. The molecule has 0 aromatic heterocycles. The molecule has 1 rings (SSSR count). The quantitative estimate of drug-likeness (QED) is 0.620. The first-order valence-corrected chi connectivity index (χ1v) is 7.34. The smallest absolute Gasteiger partial charge is 0.239 e. The number of hydrogen-bond acceptors (Lipinski definition) is 3. The van der Waals surface area contributed by atoms with Gasteiger partial charge in [0.15, 0.2) is 0 Å². The summed E-state index contributed by atoms with van der Waals surface area (Å²) in [5, 5.41) is 5.33. The molecule has 5 heteroatoms. The van der Waals surface area contributed by atoms with Crippen molar-refractivity contribution in [2.75, 3.05) is 13.1 Å². The molecule has 4 N–H and O–H groups in total. The molecule has 1 aromatic rings. The van der Waals surface area contributed by atoms with Crippen LogP contribution in [0.3, 0.4) is 0 Å². The van der Waals surface area contributed by atoms with Gasteiger partial charge in [0.05, 0.1) is 12.6 Å². The van der Waals surface area contributed by atoms with E-state index in [1.54, 1.807) is 0 Å². The molecule has 0 aliphatic rings. The largest absolute Gasteiger partial charge is 0.355 e. The van der Waals surface area contributed by atoms with Gasteiger partial charge in [-0.15, -0.1) is 0 Å². The van der Waals surface area contributed by atoms with Gasteiger partial charge in [-0.1, -0.05) is 44.2 Å². The fourth-order valence-corrected chi connectivity index (χ4v) is 1.82. The van der Waals surface area contributed by atoms with Gasteiger partial charge in [0, 0.05) is 6.54 Å². The zero-order valence-electron chi connectivity index (χ0n) is 12.8. The first kappa shape index (κ1) is 17.2. The predicted molar refractivity (Wildman–Crippen MR) is 83.6 cm³/mol. The average Bonchev–Trinajstić information content (AvgIpc) is 2.49. The fraction of sp³-hybridized carbons (Fsp3) is 0.500. The van der Waals surface area contributed by atoms with E-state index in [1.165, 1.54) is 5.56 Å². The lowest BCUT2D eigenvalue weighted by Crippen LogP contribution is -2.47. The van der Waals surface area contributed by atoms with Crippen molar-refractivity contribution in [3.05, 3.63) is 35.9 Å². The first-order chi connectivity index (χ1) is 10.0. The van der Waals surface area contributed by atoms with E-state index in [9.17, 15) is 9.59 Å². The highest BCUT2D eigenvalue weighted by Gasteiger charge is 2.17. The van der Waals surface area contributed by atoms with Crippen LogP contribution in [0, 0.1) is 5.92 Å². The summed E-state index contributed by atoms with van der Waals surface area (Å²) in [4.78, 5) is 23.2. The highest BCUT2D eigenvalue weighted by Crippen LogP contribution is 2.01. The molecule has 0 saturated heterocycles. The molecule has 0 radical (unpaired) electrons. The van der Waals surface area contributed by atoms with Crippen LogP contribution < -0.4 is 16.4 Å². The summed E-state index contributed by atoms with van der Waals surface area (Å²) in [5.74, 6) is -0.421. The number of amides is 2. The van der Waals surface area contributed by atoms with E-state index in [-0.39, 0.29) is 24.3 Å². The maximum absolute atomic E-state index is 11.6. The van der Waals surface area contributed by atoms with Crippen LogP contribution in [-0.2, 0) is 16.0 Å². The van der Waals surface area contributed by atoms with Crippen molar-refractivity contribution in [1.82, 2.24) is 10.6 Å². The summed E-state index contributed by atoms with van der Waals surface area (Å²) in [6.45, 7) is 4.31. The van der Waals surface area contributed by atoms with Gasteiger partial charge in [-0.3, -0.25) is 9.59 Å². The Hall–Kier alpha value is -1.88. The Balaban J connectivity index is 2.13. The minimum atomic E-state index is -0.573. The zero-order chi connectivity index (χ0) is 15.7. The van der Waals surface area contributed by atoms with Crippen molar-refractivity contribution >= 4 is 11.8 Å². The lowest BCUT2D eigenvalue weighted by molar-refractivity contribution is -0.127. The van der Waals surface area contributed by atoms with Gasteiger partial charge >= 0.3 is 0 Å². The van der Waals surface area contributed by atoms with E-state index >= 15 is 0 Å². The Labute approximate surface area is 126 Å². The molecule has 0 heterocycles. The van der Waals surface area contributed by atoms with Crippen molar-refractivity contribution < 1.29 is 9.59 Å². The Morgan fingerprint density at radius 3 is 2.43 bits per heavy atom. The van der Waals surface area contributed by atoms with Crippen molar-refractivity contribution in [1.29, 1.82) is 0 Å². The van der Waals surface area contributed by atoms with Gasteiger partial charge in [-0.05, 0) is 24.3 Å². The molecular weight excluding hydrogens is 266 g/mol. The zero-order valence-corrected chi connectivity index (χ0v) is 12.8. The molecule has 0 unspecified atom stereocenters. The van der Waals surface area contributed by atoms with Crippen molar-refractivity contribution in [3.63, 3.8) is 0 Å². The molecule has 0 bridgehead atoms. The summed E-state index contributed by atoms with van der Waals surface area (Å²) < 4.78 is 0. The Kier molecular flexibility index (Phi) is 7.46. The normalized spacial score (nSPS) is 12.0. The molecule has 1 aromatic carbocycles. The monoisotopic (exact) mass is 291 g/mol. The SMILES string of the molecule is CC(C)[C@H](N)C(=O)NCC(=O)NCCCc1ccccc1. The fourth-order valence-electron chi connectivity index (χ4n) is 1.82. The molecule has 0 spiro atoms. The molecule has 2 amide bonds. The summed E-state index contributed by atoms with van der Waals surface area (Å²) in [6.07, 6.45) is 1.79. The van der Waals surface area contributed by atoms with E-state index in [0.29, 0.717) is 6.54 Å². The lowest BCUT2D eigenvalue weighted by Gasteiger charge is -2.15. The van der Waals surface area contributed by atoms with Crippen molar-refractivity contribution in [2.24, 2.45) is 11.7 Å². The molecule has 21 heavy (non-hydrogen) atoms. The first-order valence-electron chi connectivity index (χ1n) is 7.34. The van der Waals surface area contributed by atoms with Crippen LogP contribution in [0.4, 0.5) is 0 Å². The molecule has 5 nitrogen and oxygen atoms in total. The number of carbonyl (C=O) groups excluding carboxylic acids is 2. The second-order valence-corrected chi connectivity index (χ2v) is 5.43. The third-order valence-electron chi connectivity index (χ3n) is 3.25. The molecule has 0 fully saturated rings. The highest BCUT2D eigenvalue weighted by atomic mass is 16.2. The molecule has 0 aliphatic carbocycles. The van der Waals surface area contributed by atoms with Gasteiger partial charge in [0.1, 0.15) is 0 Å². The van der Waals surface area contributed by atoms with Crippen molar-refractivity contribution in [2.45, 2.75) is 32.7 Å². The van der Waals surface area contributed by atoms with Crippen LogP contribution in [0.15, 0.2) is 30.3 Å². The minimum Gasteiger partial charge on any atom is -0.355 e. The second-order valence-electron chi connectivity index (χ2n) is 5.43. The Bertz CT molecular complexity index is 446. The lowest BCUT2D eigenvalue weighted by atomic mass is 10.1. The minimum absolute atomic E-state index is 0.0232. The molecule has 0 aliphatic heterocycles. The number of hydrogen-bond donors (Lipinski definition) is 3. The molecule has 116 valence electrons. The van der Waals surface area contributed by atoms with Gasteiger partial charge < -0.3 is 16.4 Å². The van der Waals surface area contributed by atoms with Crippen LogP contribution >= 0.6 is 0 Å². The Morgan fingerprint density at radius 1 is 1.14 bits per heavy atom. The van der Waals surface area contributed by atoms with Gasteiger partial charge in [-0.25, -0.2) is 0 Å². The predicted octanol–water partition coefficient (Wildman–Crippen LogP) is 0.835. The summed E-state index contributed by atoms with van der Waals surface area (Å²) in [6, 6.07) is 9.54. The molecule has 0 saturated carbocycles. The number of nitrogens with one attached hydrogen (secondary N) is 2. The second kappa shape index (κ2) is 9.13. The van der Waals surface area contributed by atoms with Gasteiger partial charge in [-0.2, -0.15) is 0 Å². The van der Waals surface area contributed by atoms with Crippen molar-refractivity contribution in [3.8, 4) is 0 Å². The van der Waals surface area contributed by atoms with Crippen LogP contribution in [0.2, 0.25) is 0 Å². The average molecular weight is 291 g/mol. The van der Waals surface area contributed by atoms with E-state index in [1.807, 2.05) is 32.0 Å². The van der Waals surface area contributed by atoms with Crippen LogP contribution in [-0.4, -0.2) is 30.9 Å². The standard InChI is InChI=1S/C16H25N3O2/c1-12(2)15(17)16(21)19-11-14(20)18-10-6-9-13-7-4-3-5-8-13/h3-5,7-8,12,15H,6,9-11,17H2,1-2H3,(H,18,20)(H,19,21)/t15-/m0/s1. The molecule has 1 atom stereocenters. The summed E-state index contributed by atoms with van der Waals surface area (Å²) in [7, 11) is 0. The number of carbonyl (C=O) groups is 2. The third kappa shape index (κ3) is 6.90. The van der Waals surface area contributed by atoms with Gasteiger partial charge in [0.2, 0.25) is 11.8 Å². The maximum Gasteiger partial charge on any atom is 0.239 e. The van der Waals surface area contributed by atoms with Crippen LogP contribution in [0.1, 0.15) is 25.8 Å². The number of aryl methyl sites for hydroxylation is 1. The number of rotatable bonds is 8. The molecular formula is C16H25N3O2.